The Kier molecular flexibility index (Phi) is 5.91. The van der Waals surface area contributed by atoms with Gasteiger partial charge in [-0.2, -0.15) is 0 Å². The van der Waals surface area contributed by atoms with Crippen LogP contribution in [0.15, 0.2) is 24.3 Å². The van der Waals surface area contributed by atoms with Crippen molar-refractivity contribution in [1.29, 1.82) is 0 Å². The number of rotatable bonds is 4. The molecule has 0 bridgehead atoms. The highest BCUT2D eigenvalue weighted by Crippen LogP contribution is 2.26. The summed E-state index contributed by atoms with van der Waals surface area (Å²) in [7, 11) is 0. The van der Waals surface area contributed by atoms with Gasteiger partial charge in [-0.1, -0.05) is 31.7 Å². The summed E-state index contributed by atoms with van der Waals surface area (Å²) in [4.78, 5) is 38.1. The van der Waals surface area contributed by atoms with Crippen molar-refractivity contribution >= 4 is 23.4 Å². The van der Waals surface area contributed by atoms with E-state index in [1.807, 2.05) is 4.90 Å². The van der Waals surface area contributed by atoms with E-state index < -0.39 is 0 Å². The molecule has 3 amide bonds. The first-order valence-electron chi connectivity index (χ1n) is 9.51. The van der Waals surface area contributed by atoms with E-state index >= 15 is 0 Å². The molecule has 1 aliphatic carbocycles. The van der Waals surface area contributed by atoms with E-state index in [4.69, 9.17) is 0 Å². The zero-order chi connectivity index (χ0) is 18.5. The first-order valence-corrected chi connectivity index (χ1v) is 9.51. The zero-order valence-corrected chi connectivity index (χ0v) is 15.3. The average Bonchev–Trinajstić information content (AvgIpc) is 2.80. The van der Waals surface area contributed by atoms with Crippen molar-refractivity contribution in [3.63, 3.8) is 0 Å². The van der Waals surface area contributed by atoms with Crippen molar-refractivity contribution in [2.75, 3.05) is 11.9 Å². The van der Waals surface area contributed by atoms with E-state index in [1.165, 1.54) is 32.6 Å². The van der Waals surface area contributed by atoms with Crippen molar-refractivity contribution in [3.05, 3.63) is 29.8 Å². The largest absolute Gasteiger partial charge is 0.347 e. The number of carbonyl (C=O) groups excluding carboxylic acids is 3. The Labute approximate surface area is 154 Å². The first-order chi connectivity index (χ1) is 12.5. The third-order valence-electron chi connectivity index (χ3n) is 5.20. The lowest BCUT2D eigenvalue weighted by atomic mass is 10.1. The molecule has 1 atom stereocenters. The molecule has 1 saturated carbocycles. The Morgan fingerprint density at radius 1 is 1.12 bits per heavy atom. The Hall–Kier alpha value is -2.37. The van der Waals surface area contributed by atoms with Gasteiger partial charge in [0.2, 0.25) is 11.8 Å². The van der Waals surface area contributed by atoms with Gasteiger partial charge in [-0.3, -0.25) is 14.4 Å². The van der Waals surface area contributed by atoms with Crippen LogP contribution in [0.1, 0.15) is 62.2 Å². The van der Waals surface area contributed by atoms with Gasteiger partial charge in [0, 0.05) is 37.2 Å². The van der Waals surface area contributed by atoms with Crippen molar-refractivity contribution in [3.8, 4) is 0 Å². The summed E-state index contributed by atoms with van der Waals surface area (Å²) in [6, 6.07) is 7.01. The fourth-order valence-corrected chi connectivity index (χ4v) is 3.96. The van der Waals surface area contributed by atoms with Gasteiger partial charge in [0.25, 0.3) is 5.91 Å². The molecule has 0 unspecified atom stereocenters. The number of amides is 3. The molecule has 1 aromatic carbocycles. The Bertz CT molecular complexity index is 681. The molecule has 6 heteroatoms. The maximum atomic E-state index is 12.5. The lowest BCUT2D eigenvalue weighted by Crippen LogP contribution is -2.40. The fraction of sp³-hybridized carbons (Fsp3) is 0.550. The summed E-state index contributed by atoms with van der Waals surface area (Å²) < 4.78 is 0. The van der Waals surface area contributed by atoms with E-state index in [9.17, 15) is 14.4 Å². The second kappa shape index (κ2) is 8.34. The lowest BCUT2D eigenvalue weighted by molar-refractivity contribution is -0.129. The standard InChI is InChI=1S/C20H27N3O3/c1-14(24)21-16-8-6-7-15(11-16)20(26)22-17-12-19(25)23(13-17)18-9-4-2-3-5-10-18/h6-8,11,17-18H,2-5,9-10,12-13H2,1H3,(H,21,24)(H,22,26)/t17-/m1/s1. The summed E-state index contributed by atoms with van der Waals surface area (Å²) in [6.45, 7) is 2.03. The van der Waals surface area contributed by atoms with Crippen LogP contribution in [0.5, 0.6) is 0 Å². The number of anilines is 1. The van der Waals surface area contributed by atoms with Crippen LogP contribution in [-0.2, 0) is 9.59 Å². The van der Waals surface area contributed by atoms with Crippen molar-refractivity contribution in [1.82, 2.24) is 10.2 Å². The fourth-order valence-electron chi connectivity index (χ4n) is 3.96. The first kappa shape index (κ1) is 18.4. The Morgan fingerprint density at radius 3 is 2.54 bits per heavy atom. The third-order valence-corrected chi connectivity index (χ3v) is 5.20. The lowest BCUT2D eigenvalue weighted by Gasteiger charge is -2.27. The van der Waals surface area contributed by atoms with E-state index in [2.05, 4.69) is 10.6 Å². The predicted octanol–water partition coefficient (Wildman–Crippen LogP) is 2.70. The van der Waals surface area contributed by atoms with E-state index in [0.29, 0.717) is 30.3 Å². The molecule has 0 spiro atoms. The monoisotopic (exact) mass is 357 g/mol. The number of carbonyl (C=O) groups is 3. The molecule has 0 aromatic heterocycles. The smallest absolute Gasteiger partial charge is 0.251 e. The van der Waals surface area contributed by atoms with Gasteiger partial charge in [-0.05, 0) is 31.0 Å². The molecule has 1 aliphatic heterocycles. The molecule has 2 N–H and O–H groups in total. The molecule has 1 heterocycles. The molecule has 1 aromatic rings. The van der Waals surface area contributed by atoms with Crippen LogP contribution in [0.25, 0.3) is 0 Å². The van der Waals surface area contributed by atoms with Crippen LogP contribution < -0.4 is 10.6 Å². The second-order valence-corrected chi connectivity index (χ2v) is 7.33. The maximum absolute atomic E-state index is 12.5. The topological polar surface area (TPSA) is 78.5 Å². The summed E-state index contributed by atoms with van der Waals surface area (Å²) in [5, 5.41) is 5.65. The molecule has 26 heavy (non-hydrogen) atoms. The normalized spacial score (nSPS) is 21.3. The molecule has 1 saturated heterocycles. The van der Waals surface area contributed by atoms with Crippen LogP contribution in [0.4, 0.5) is 5.69 Å². The minimum atomic E-state index is -0.210. The summed E-state index contributed by atoms with van der Waals surface area (Å²) >= 11 is 0. The molecular formula is C20H27N3O3. The van der Waals surface area contributed by atoms with Crippen LogP contribution in [0, 0.1) is 0 Å². The quantitative estimate of drug-likeness (QED) is 0.813. The highest BCUT2D eigenvalue weighted by molar-refractivity contribution is 5.97. The number of nitrogens with one attached hydrogen (secondary N) is 2. The third kappa shape index (κ3) is 4.62. The highest BCUT2D eigenvalue weighted by atomic mass is 16.2. The zero-order valence-electron chi connectivity index (χ0n) is 15.3. The van der Waals surface area contributed by atoms with Gasteiger partial charge in [0.1, 0.15) is 0 Å². The van der Waals surface area contributed by atoms with E-state index in [1.54, 1.807) is 24.3 Å². The number of likely N-dealkylation sites (tertiary alicyclic amines) is 1. The summed E-state index contributed by atoms with van der Waals surface area (Å²) in [6.07, 6.45) is 7.39. The van der Waals surface area contributed by atoms with Gasteiger partial charge < -0.3 is 15.5 Å². The van der Waals surface area contributed by atoms with Crippen LogP contribution in [0.2, 0.25) is 0 Å². The SMILES string of the molecule is CC(=O)Nc1cccc(C(=O)N[C@@H]2CC(=O)N(C3CCCCCC3)C2)c1. The van der Waals surface area contributed by atoms with Crippen molar-refractivity contribution < 1.29 is 14.4 Å². The van der Waals surface area contributed by atoms with Gasteiger partial charge in [0.15, 0.2) is 0 Å². The summed E-state index contributed by atoms with van der Waals surface area (Å²) in [5.74, 6) is -0.241. The molecule has 2 fully saturated rings. The second-order valence-electron chi connectivity index (χ2n) is 7.33. The predicted molar refractivity (Wildman–Crippen MR) is 99.8 cm³/mol. The minimum Gasteiger partial charge on any atom is -0.347 e. The van der Waals surface area contributed by atoms with Crippen LogP contribution >= 0.6 is 0 Å². The van der Waals surface area contributed by atoms with Crippen LogP contribution in [-0.4, -0.2) is 41.2 Å². The molecule has 3 rings (SSSR count). The Morgan fingerprint density at radius 2 is 1.85 bits per heavy atom. The number of nitrogens with zero attached hydrogens (tertiary/aromatic N) is 1. The van der Waals surface area contributed by atoms with Gasteiger partial charge >= 0.3 is 0 Å². The summed E-state index contributed by atoms with van der Waals surface area (Å²) in [5.41, 5.74) is 1.07. The molecule has 6 nitrogen and oxygen atoms in total. The minimum absolute atomic E-state index is 0.147. The number of benzene rings is 1. The molecule has 2 aliphatic rings. The number of hydrogen-bond acceptors (Lipinski definition) is 3. The Balaban J connectivity index is 1.60. The van der Waals surface area contributed by atoms with Crippen molar-refractivity contribution in [2.24, 2.45) is 0 Å². The number of hydrogen-bond donors (Lipinski definition) is 2. The van der Waals surface area contributed by atoms with Gasteiger partial charge in [-0.15, -0.1) is 0 Å². The molecule has 140 valence electrons. The molecule has 0 radical (unpaired) electrons. The van der Waals surface area contributed by atoms with Gasteiger partial charge in [0.05, 0.1) is 6.04 Å². The van der Waals surface area contributed by atoms with E-state index in [-0.39, 0.29) is 23.8 Å². The highest BCUT2D eigenvalue weighted by Gasteiger charge is 2.35. The van der Waals surface area contributed by atoms with Crippen molar-refractivity contribution in [2.45, 2.75) is 64.0 Å². The van der Waals surface area contributed by atoms with E-state index in [0.717, 1.165) is 12.8 Å². The average molecular weight is 357 g/mol. The molecular weight excluding hydrogens is 330 g/mol. The maximum Gasteiger partial charge on any atom is 0.251 e. The van der Waals surface area contributed by atoms with Crippen LogP contribution in [0.3, 0.4) is 0 Å². The van der Waals surface area contributed by atoms with Gasteiger partial charge in [-0.25, -0.2) is 0 Å².